The summed E-state index contributed by atoms with van der Waals surface area (Å²) in [7, 11) is 0. The first kappa shape index (κ1) is 16.6. The molecular formula is C20H18FNO4. The fourth-order valence-electron chi connectivity index (χ4n) is 3.02. The first-order valence-corrected chi connectivity index (χ1v) is 8.47. The normalized spacial score (nSPS) is 14.6. The number of carbonyl (C=O) groups excluding carboxylic acids is 1. The molecule has 3 aromatic rings. The van der Waals surface area contributed by atoms with E-state index in [0.29, 0.717) is 37.8 Å². The summed E-state index contributed by atoms with van der Waals surface area (Å²) < 4.78 is 30.5. The zero-order chi connectivity index (χ0) is 17.9. The molecule has 1 aliphatic rings. The molecule has 0 radical (unpaired) electrons. The number of benzene rings is 2. The lowest BCUT2D eigenvalue weighted by Crippen LogP contribution is -2.36. The third-order valence-electron chi connectivity index (χ3n) is 4.36. The van der Waals surface area contributed by atoms with E-state index in [1.165, 1.54) is 6.07 Å². The van der Waals surface area contributed by atoms with Crippen molar-refractivity contribution in [2.75, 3.05) is 31.2 Å². The van der Waals surface area contributed by atoms with Gasteiger partial charge >= 0.3 is 5.97 Å². The van der Waals surface area contributed by atoms with Crippen molar-refractivity contribution in [1.82, 2.24) is 0 Å². The molecule has 0 aliphatic carbocycles. The van der Waals surface area contributed by atoms with Gasteiger partial charge in [-0.15, -0.1) is 0 Å². The van der Waals surface area contributed by atoms with Gasteiger partial charge in [0.1, 0.15) is 23.8 Å². The predicted octanol–water partition coefficient (Wildman–Crippen LogP) is 3.77. The Hall–Kier alpha value is -2.86. The Morgan fingerprint density at radius 3 is 2.69 bits per heavy atom. The van der Waals surface area contributed by atoms with E-state index in [1.54, 1.807) is 12.1 Å². The first-order valence-electron chi connectivity index (χ1n) is 8.47. The standard InChI is InChI=1S/C20H18FNO4/c21-17-12-15(5-6-18(17)22-7-9-24-10-8-22)20(23)25-13-16-11-14-3-1-2-4-19(14)26-16/h1-6,11-12H,7-10,13H2. The van der Waals surface area contributed by atoms with Crippen LogP contribution in [0.1, 0.15) is 16.1 Å². The number of fused-ring (bicyclic) bond motifs is 1. The van der Waals surface area contributed by atoms with Crippen molar-refractivity contribution in [3.63, 3.8) is 0 Å². The number of rotatable bonds is 4. The van der Waals surface area contributed by atoms with E-state index in [9.17, 15) is 9.18 Å². The SMILES string of the molecule is O=C(OCc1cc2ccccc2o1)c1ccc(N2CCOCC2)c(F)c1. The molecule has 5 nitrogen and oxygen atoms in total. The lowest BCUT2D eigenvalue weighted by molar-refractivity contribution is 0.0447. The minimum atomic E-state index is -0.585. The molecule has 1 saturated heterocycles. The number of hydrogen-bond acceptors (Lipinski definition) is 5. The van der Waals surface area contributed by atoms with Crippen LogP contribution in [0.5, 0.6) is 0 Å². The molecular weight excluding hydrogens is 337 g/mol. The maximum absolute atomic E-state index is 14.4. The van der Waals surface area contributed by atoms with E-state index in [4.69, 9.17) is 13.9 Å². The van der Waals surface area contributed by atoms with Gasteiger partial charge in [-0.05, 0) is 30.3 Å². The van der Waals surface area contributed by atoms with Crippen LogP contribution in [-0.4, -0.2) is 32.3 Å². The molecule has 2 aromatic carbocycles. The van der Waals surface area contributed by atoms with Gasteiger partial charge in [-0.1, -0.05) is 18.2 Å². The van der Waals surface area contributed by atoms with Crippen LogP contribution in [0.15, 0.2) is 52.9 Å². The molecule has 1 aromatic heterocycles. The lowest BCUT2D eigenvalue weighted by Gasteiger charge is -2.29. The summed E-state index contributed by atoms with van der Waals surface area (Å²) in [4.78, 5) is 14.1. The highest BCUT2D eigenvalue weighted by Gasteiger charge is 2.18. The molecule has 0 bridgehead atoms. The number of morpholine rings is 1. The average Bonchev–Trinajstić information content (AvgIpc) is 3.09. The highest BCUT2D eigenvalue weighted by atomic mass is 19.1. The van der Waals surface area contributed by atoms with Gasteiger partial charge in [-0.25, -0.2) is 9.18 Å². The van der Waals surface area contributed by atoms with Crippen molar-refractivity contribution < 1.29 is 23.1 Å². The Labute approximate surface area is 149 Å². The minimum absolute atomic E-state index is 0.000345. The molecule has 0 spiro atoms. The van der Waals surface area contributed by atoms with Crippen molar-refractivity contribution in [3.05, 3.63) is 65.7 Å². The number of para-hydroxylation sites is 1. The molecule has 26 heavy (non-hydrogen) atoms. The molecule has 2 heterocycles. The number of furan rings is 1. The van der Waals surface area contributed by atoms with E-state index in [-0.39, 0.29) is 12.2 Å². The van der Waals surface area contributed by atoms with Gasteiger partial charge in [0.2, 0.25) is 0 Å². The van der Waals surface area contributed by atoms with Crippen molar-refractivity contribution in [1.29, 1.82) is 0 Å². The molecule has 0 N–H and O–H groups in total. The Morgan fingerprint density at radius 1 is 1.12 bits per heavy atom. The fraction of sp³-hybridized carbons (Fsp3) is 0.250. The molecule has 0 amide bonds. The number of anilines is 1. The van der Waals surface area contributed by atoms with Gasteiger partial charge in [-0.2, -0.15) is 0 Å². The van der Waals surface area contributed by atoms with Gasteiger partial charge < -0.3 is 18.8 Å². The second-order valence-electron chi connectivity index (χ2n) is 6.09. The summed E-state index contributed by atoms with van der Waals surface area (Å²) in [5.41, 5.74) is 1.39. The Morgan fingerprint density at radius 2 is 1.92 bits per heavy atom. The Bertz CT molecular complexity index is 897. The number of hydrogen-bond donors (Lipinski definition) is 0. The van der Waals surface area contributed by atoms with Crippen LogP contribution in [0, 0.1) is 5.82 Å². The number of ether oxygens (including phenoxy) is 2. The second-order valence-corrected chi connectivity index (χ2v) is 6.09. The molecule has 0 atom stereocenters. The quantitative estimate of drug-likeness (QED) is 0.667. The van der Waals surface area contributed by atoms with Gasteiger partial charge in [0.15, 0.2) is 0 Å². The van der Waals surface area contributed by atoms with E-state index >= 15 is 0 Å². The minimum Gasteiger partial charge on any atom is -0.457 e. The predicted molar refractivity (Wildman–Crippen MR) is 94.8 cm³/mol. The molecule has 0 unspecified atom stereocenters. The molecule has 1 fully saturated rings. The van der Waals surface area contributed by atoms with E-state index in [2.05, 4.69) is 0 Å². The summed E-state index contributed by atoms with van der Waals surface area (Å²) in [6, 6.07) is 13.8. The molecule has 134 valence electrons. The maximum Gasteiger partial charge on any atom is 0.338 e. The van der Waals surface area contributed by atoms with Crippen LogP contribution < -0.4 is 4.90 Å². The summed E-state index contributed by atoms with van der Waals surface area (Å²) >= 11 is 0. The molecule has 4 rings (SSSR count). The summed E-state index contributed by atoms with van der Waals surface area (Å²) in [5, 5.41) is 0.944. The van der Waals surface area contributed by atoms with Gasteiger partial charge in [-0.3, -0.25) is 0 Å². The summed E-state index contributed by atoms with van der Waals surface area (Å²) in [5.74, 6) is -0.479. The number of carbonyl (C=O) groups is 1. The Kier molecular flexibility index (Phi) is 4.58. The third-order valence-corrected chi connectivity index (χ3v) is 4.36. The highest BCUT2D eigenvalue weighted by Crippen LogP contribution is 2.23. The van der Waals surface area contributed by atoms with Crippen LogP contribution >= 0.6 is 0 Å². The van der Waals surface area contributed by atoms with Crippen molar-refractivity contribution in [3.8, 4) is 0 Å². The van der Waals surface area contributed by atoms with Crippen LogP contribution in [0.4, 0.5) is 10.1 Å². The van der Waals surface area contributed by atoms with Crippen LogP contribution in [0.3, 0.4) is 0 Å². The van der Waals surface area contributed by atoms with E-state index in [0.717, 1.165) is 11.0 Å². The zero-order valence-electron chi connectivity index (χ0n) is 14.1. The summed E-state index contributed by atoms with van der Waals surface area (Å²) in [6.07, 6.45) is 0. The van der Waals surface area contributed by atoms with Crippen LogP contribution in [0.25, 0.3) is 11.0 Å². The first-order chi connectivity index (χ1) is 12.7. The average molecular weight is 355 g/mol. The number of nitrogens with zero attached hydrogens (tertiary/aromatic N) is 1. The molecule has 0 saturated carbocycles. The van der Waals surface area contributed by atoms with Gasteiger partial charge in [0, 0.05) is 18.5 Å². The molecule has 6 heteroatoms. The van der Waals surface area contributed by atoms with Gasteiger partial charge in [0.05, 0.1) is 24.5 Å². The third kappa shape index (κ3) is 3.41. The Balaban J connectivity index is 1.43. The highest BCUT2D eigenvalue weighted by molar-refractivity contribution is 5.90. The van der Waals surface area contributed by atoms with Crippen LogP contribution in [-0.2, 0) is 16.1 Å². The van der Waals surface area contributed by atoms with E-state index in [1.807, 2.05) is 35.2 Å². The monoisotopic (exact) mass is 355 g/mol. The maximum atomic E-state index is 14.4. The molecule has 1 aliphatic heterocycles. The largest absolute Gasteiger partial charge is 0.457 e. The number of halogens is 1. The van der Waals surface area contributed by atoms with Gasteiger partial charge in [0.25, 0.3) is 0 Å². The van der Waals surface area contributed by atoms with Crippen molar-refractivity contribution >= 4 is 22.6 Å². The van der Waals surface area contributed by atoms with Crippen LogP contribution in [0.2, 0.25) is 0 Å². The lowest BCUT2D eigenvalue weighted by atomic mass is 10.1. The zero-order valence-corrected chi connectivity index (χ0v) is 14.1. The van der Waals surface area contributed by atoms with Crippen molar-refractivity contribution in [2.45, 2.75) is 6.61 Å². The second kappa shape index (κ2) is 7.17. The summed E-state index contributed by atoms with van der Waals surface area (Å²) in [6.45, 7) is 2.40. The van der Waals surface area contributed by atoms with Crippen molar-refractivity contribution in [2.24, 2.45) is 0 Å². The topological polar surface area (TPSA) is 51.9 Å². The number of esters is 1. The smallest absolute Gasteiger partial charge is 0.338 e. The van der Waals surface area contributed by atoms with E-state index < -0.39 is 11.8 Å². The fourth-order valence-corrected chi connectivity index (χ4v) is 3.02.